The van der Waals surface area contributed by atoms with Crippen LogP contribution in [0.2, 0.25) is 0 Å². The summed E-state index contributed by atoms with van der Waals surface area (Å²) < 4.78 is 5.83. The van der Waals surface area contributed by atoms with Gasteiger partial charge >= 0.3 is 6.03 Å². The van der Waals surface area contributed by atoms with Crippen molar-refractivity contribution in [1.82, 2.24) is 15.6 Å². The number of urea groups is 1. The van der Waals surface area contributed by atoms with Crippen LogP contribution < -0.4 is 10.6 Å². The Bertz CT molecular complexity index is 634. The Hall–Kier alpha value is -2.40. The summed E-state index contributed by atoms with van der Waals surface area (Å²) in [5.74, 6) is 0. The fourth-order valence-corrected chi connectivity index (χ4v) is 2.91. The third kappa shape index (κ3) is 4.80. The average molecular weight is 325 g/mol. The van der Waals surface area contributed by atoms with Gasteiger partial charge in [0.2, 0.25) is 0 Å². The molecule has 5 heteroatoms. The highest BCUT2D eigenvalue weighted by molar-refractivity contribution is 5.74. The highest BCUT2D eigenvalue weighted by Gasteiger charge is 2.24. The van der Waals surface area contributed by atoms with Crippen LogP contribution in [-0.4, -0.2) is 30.2 Å². The Kier molecular flexibility index (Phi) is 5.80. The van der Waals surface area contributed by atoms with Crippen molar-refractivity contribution in [1.29, 1.82) is 0 Å². The van der Waals surface area contributed by atoms with Gasteiger partial charge in [0.15, 0.2) is 0 Å². The summed E-state index contributed by atoms with van der Waals surface area (Å²) in [6.45, 7) is 1.24. The van der Waals surface area contributed by atoms with Crippen LogP contribution in [0.25, 0.3) is 0 Å². The molecule has 2 aromatic rings. The van der Waals surface area contributed by atoms with E-state index in [0.29, 0.717) is 13.2 Å². The van der Waals surface area contributed by atoms with Gasteiger partial charge in [0.05, 0.1) is 6.10 Å². The third-order valence-electron chi connectivity index (χ3n) is 4.18. The molecule has 0 spiro atoms. The molecule has 2 amide bonds. The van der Waals surface area contributed by atoms with Gasteiger partial charge in [-0.2, -0.15) is 0 Å². The number of benzene rings is 1. The van der Waals surface area contributed by atoms with E-state index in [-0.39, 0.29) is 18.2 Å². The highest BCUT2D eigenvalue weighted by Crippen LogP contribution is 2.27. The topological polar surface area (TPSA) is 63.2 Å². The first-order valence-electron chi connectivity index (χ1n) is 8.42. The Morgan fingerprint density at radius 2 is 2.00 bits per heavy atom. The summed E-state index contributed by atoms with van der Waals surface area (Å²) in [6, 6.07) is 16.0. The van der Waals surface area contributed by atoms with E-state index in [1.165, 1.54) is 5.56 Å². The van der Waals surface area contributed by atoms with Crippen LogP contribution in [0, 0.1) is 0 Å². The number of rotatable bonds is 5. The van der Waals surface area contributed by atoms with Gasteiger partial charge in [-0.05, 0) is 30.5 Å². The highest BCUT2D eigenvalue weighted by atomic mass is 16.5. The first-order valence-corrected chi connectivity index (χ1v) is 8.42. The molecule has 1 saturated heterocycles. The van der Waals surface area contributed by atoms with Crippen LogP contribution in [0.3, 0.4) is 0 Å². The summed E-state index contributed by atoms with van der Waals surface area (Å²) in [4.78, 5) is 16.3. The third-order valence-corrected chi connectivity index (χ3v) is 4.18. The van der Waals surface area contributed by atoms with E-state index in [2.05, 4.69) is 27.8 Å². The van der Waals surface area contributed by atoms with Gasteiger partial charge in [-0.3, -0.25) is 4.98 Å². The number of carbonyl (C=O) groups excluding carboxylic acids is 1. The maximum absolute atomic E-state index is 12.1. The molecule has 1 aromatic heterocycles. The van der Waals surface area contributed by atoms with E-state index in [1.807, 2.05) is 36.4 Å². The Labute approximate surface area is 142 Å². The quantitative estimate of drug-likeness (QED) is 0.888. The first kappa shape index (κ1) is 16.5. The van der Waals surface area contributed by atoms with Gasteiger partial charge in [0, 0.05) is 37.5 Å². The number of ether oxygens (including phenoxy) is 1. The molecule has 24 heavy (non-hydrogen) atoms. The lowest BCUT2D eigenvalue weighted by Gasteiger charge is -2.30. The molecule has 0 bridgehead atoms. The van der Waals surface area contributed by atoms with Crippen molar-refractivity contribution in [3.63, 3.8) is 0 Å². The fraction of sp³-hybridized carbons (Fsp3) is 0.368. The minimum Gasteiger partial charge on any atom is -0.373 e. The van der Waals surface area contributed by atoms with E-state index in [9.17, 15) is 4.79 Å². The number of amides is 2. The van der Waals surface area contributed by atoms with E-state index in [1.54, 1.807) is 6.20 Å². The number of hydrogen-bond donors (Lipinski definition) is 2. The smallest absolute Gasteiger partial charge is 0.315 e. The van der Waals surface area contributed by atoms with Crippen molar-refractivity contribution >= 4 is 6.03 Å². The van der Waals surface area contributed by atoms with Gasteiger partial charge in [-0.15, -0.1) is 0 Å². The molecule has 0 aliphatic carbocycles. The van der Waals surface area contributed by atoms with E-state index in [4.69, 9.17) is 4.74 Å². The lowest BCUT2D eigenvalue weighted by atomic mass is 9.97. The lowest BCUT2D eigenvalue weighted by molar-refractivity contribution is 0.00227. The predicted molar refractivity (Wildman–Crippen MR) is 92.6 cm³/mol. The number of nitrogens with one attached hydrogen (secondary N) is 2. The van der Waals surface area contributed by atoms with Crippen LogP contribution in [-0.2, 0) is 11.2 Å². The molecule has 5 nitrogen and oxygen atoms in total. The fourth-order valence-electron chi connectivity index (χ4n) is 2.91. The molecule has 126 valence electrons. The van der Waals surface area contributed by atoms with E-state index < -0.39 is 0 Å². The minimum atomic E-state index is -0.121. The molecule has 1 fully saturated rings. The lowest BCUT2D eigenvalue weighted by Crippen LogP contribution is -2.45. The number of carbonyl (C=O) groups is 1. The Morgan fingerprint density at radius 3 is 2.79 bits per heavy atom. The standard InChI is InChI=1S/C19H23N3O2/c23-19(21-12-9-16-8-4-5-11-20-16)22-17-10-13-24-18(14-17)15-6-2-1-3-7-15/h1-8,11,17-18H,9-10,12-14H2,(H2,21,22,23)/t17-,18-/m1/s1. The average Bonchev–Trinajstić information content (AvgIpc) is 2.63. The van der Waals surface area contributed by atoms with E-state index >= 15 is 0 Å². The maximum Gasteiger partial charge on any atom is 0.315 e. The zero-order chi connectivity index (χ0) is 16.6. The second-order valence-electron chi connectivity index (χ2n) is 5.96. The van der Waals surface area contributed by atoms with Crippen LogP contribution in [0.4, 0.5) is 4.79 Å². The summed E-state index contributed by atoms with van der Waals surface area (Å²) >= 11 is 0. The summed E-state index contributed by atoms with van der Waals surface area (Å²) in [5, 5.41) is 5.96. The van der Waals surface area contributed by atoms with Crippen molar-refractivity contribution in [2.24, 2.45) is 0 Å². The number of hydrogen-bond acceptors (Lipinski definition) is 3. The largest absolute Gasteiger partial charge is 0.373 e. The Balaban J connectivity index is 1.42. The molecule has 0 saturated carbocycles. The molecular formula is C19H23N3O2. The molecular weight excluding hydrogens is 302 g/mol. The number of pyridine rings is 1. The second kappa shape index (κ2) is 8.45. The molecule has 0 unspecified atom stereocenters. The van der Waals surface area contributed by atoms with Crippen molar-refractivity contribution in [3.8, 4) is 0 Å². The zero-order valence-electron chi connectivity index (χ0n) is 13.7. The van der Waals surface area contributed by atoms with Gasteiger partial charge in [-0.1, -0.05) is 36.4 Å². The van der Waals surface area contributed by atoms with Crippen LogP contribution in [0.1, 0.15) is 30.2 Å². The summed E-state index contributed by atoms with van der Waals surface area (Å²) in [6.07, 6.45) is 4.20. The van der Waals surface area contributed by atoms with Gasteiger partial charge in [-0.25, -0.2) is 4.79 Å². The molecule has 2 atom stereocenters. The van der Waals surface area contributed by atoms with Crippen LogP contribution in [0.5, 0.6) is 0 Å². The van der Waals surface area contributed by atoms with Crippen LogP contribution in [0.15, 0.2) is 54.7 Å². The van der Waals surface area contributed by atoms with Crippen LogP contribution >= 0.6 is 0 Å². The number of aromatic nitrogens is 1. The van der Waals surface area contributed by atoms with Gasteiger partial charge in [0.1, 0.15) is 0 Å². The SMILES string of the molecule is O=C(NCCc1ccccn1)N[C@@H]1CCO[C@@H](c2ccccc2)C1. The molecule has 3 rings (SSSR count). The second-order valence-corrected chi connectivity index (χ2v) is 5.96. The molecule has 1 aliphatic heterocycles. The Morgan fingerprint density at radius 1 is 1.17 bits per heavy atom. The summed E-state index contributed by atoms with van der Waals surface area (Å²) in [7, 11) is 0. The van der Waals surface area contributed by atoms with Gasteiger partial charge < -0.3 is 15.4 Å². The minimum absolute atomic E-state index is 0.0544. The normalized spacial score (nSPS) is 20.3. The van der Waals surface area contributed by atoms with Crippen molar-refractivity contribution in [2.45, 2.75) is 31.4 Å². The monoisotopic (exact) mass is 325 g/mol. The van der Waals surface area contributed by atoms with Crippen molar-refractivity contribution < 1.29 is 9.53 Å². The molecule has 2 heterocycles. The predicted octanol–water partition coefficient (Wildman–Crippen LogP) is 2.84. The summed E-state index contributed by atoms with van der Waals surface area (Å²) in [5.41, 5.74) is 2.15. The maximum atomic E-state index is 12.1. The van der Waals surface area contributed by atoms with Crippen molar-refractivity contribution in [2.75, 3.05) is 13.2 Å². The molecule has 0 radical (unpaired) electrons. The van der Waals surface area contributed by atoms with Gasteiger partial charge in [0.25, 0.3) is 0 Å². The zero-order valence-corrected chi connectivity index (χ0v) is 13.7. The van der Waals surface area contributed by atoms with E-state index in [0.717, 1.165) is 25.0 Å². The number of nitrogens with zero attached hydrogens (tertiary/aromatic N) is 1. The van der Waals surface area contributed by atoms with Crippen molar-refractivity contribution in [3.05, 3.63) is 66.0 Å². The molecule has 1 aromatic carbocycles. The molecule has 1 aliphatic rings. The molecule has 2 N–H and O–H groups in total. The first-order chi connectivity index (χ1) is 11.8.